The molecule has 112 valence electrons. The van der Waals surface area contributed by atoms with Gasteiger partial charge in [-0.2, -0.15) is 0 Å². The first kappa shape index (κ1) is 15.2. The van der Waals surface area contributed by atoms with Gasteiger partial charge in [-0.25, -0.2) is 0 Å². The molecule has 0 amide bonds. The number of nitrogens with one attached hydrogen (secondary N) is 2. The maximum Gasteiger partial charge on any atom is 0.128 e. The summed E-state index contributed by atoms with van der Waals surface area (Å²) in [6.07, 6.45) is 0.0466. The van der Waals surface area contributed by atoms with E-state index in [9.17, 15) is 5.11 Å². The Hall–Kier alpha value is -0.240. The second-order valence-electron chi connectivity index (χ2n) is 5.69. The smallest absolute Gasteiger partial charge is 0.128 e. The molecule has 3 unspecified atom stereocenters. The van der Waals surface area contributed by atoms with Crippen LogP contribution in [0.5, 0.6) is 0 Å². The van der Waals surface area contributed by atoms with Gasteiger partial charge in [0.05, 0.1) is 32.0 Å². The van der Waals surface area contributed by atoms with Crippen LogP contribution in [-0.2, 0) is 9.47 Å². The molecule has 2 fully saturated rings. The van der Waals surface area contributed by atoms with Crippen molar-refractivity contribution in [2.45, 2.75) is 24.7 Å². The Morgan fingerprint density at radius 1 is 1.21 bits per heavy atom. The first-order valence-electron chi connectivity index (χ1n) is 7.15. The van der Waals surface area contributed by atoms with Gasteiger partial charge >= 0.3 is 0 Å². The van der Waals surface area contributed by atoms with Gasteiger partial charge in [0.1, 0.15) is 5.60 Å². The molecule has 3 N–H and O–H groups in total. The lowest BCUT2D eigenvalue weighted by Gasteiger charge is -2.40. The van der Waals surface area contributed by atoms with E-state index in [0.717, 1.165) is 32.7 Å². The minimum atomic E-state index is -0.948. The molecule has 0 saturated carbocycles. The Morgan fingerprint density at radius 2 is 2.00 bits per heavy atom. The maximum atomic E-state index is 10.9. The van der Waals surface area contributed by atoms with Crippen LogP contribution in [0.2, 0.25) is 0 Å². The van der Waals surface area contributed by atoms with Crippen molar-refractivity contribution >= 4 is 0 Å². The van der Waals surface area contributed by atoms with Crippen LogP contribution >= 0.6 is 0 Å². The highest BCUT2D eigenvalue weighted by Gasteiger charge is 2.41. The minimum Gasteiger partial charge on any atom is -0.383 e. The van der Waals surface area contributed by atoms with Crippen molar-refractivity contribution in [1.29, 1.82) is 0 Å². The largest absolute Gasteiger partial charge is 0.383 e. The summed E-state index contributed by atoms with van der Waals surface area (Å²) in [4.78, 5) is 2.19. The first-order chi connectivity index (χ1) is 9.12. The van der Waals surface area contributed by atoms with Gasteiger partial charge in [-0.3, -0.25) is 4.90 Å². The minimum absolute atomic E-state index is 0.00213. The van der Waals surface area contributed by atoms with Crippen molar-refractivity contribution in [2.75, 3.05) is 59.6 Å². The first-order valence-corrected chi connectivity index (χ1v) is 7.15. The van der Waals surface area contributed by atoms with Crippen LogP contribution in [0.3, 0.4) is 0 Å². The molecule has 2 aliphatic heterocycles. The van der Waals surface area contributed by atoms with E-state index in [1.54, 1.807) is 0 Å². The van der Waals surface area contributed by atoms with E-state index in [4.69, 9.17) is 9.47 Å². The molecule has 2 heterocycles. The Bertz CT molecular complexity index is 280. The normalized spacial score (nSPS) is 39.9. The SMILES string of the molecule is CC1COCC(O)(C2CNCCNCCN2C)CO1. The number of hydrogen-bond acceptors (Lipinski definition) is 6. The number of nitrogens with zero attached hydrogens (tertiary/aromatic N) is 1. The van der Waals surface area contributed by atoms with Gasteiger partial charge in [-0.1, -0.05) is 0 Å². The molecule has 19 heavy (non-hydrogen) atoms. The van der Waals surface area contributed by atoms with E-state index in [1.165, 1.54) is 0 Å². The van der Waals surface area contributed by atoms with Gasteiger partial charge in [0, 0.05) is 32.7 Å². The van der Waals surface area contributed by atoms with Crippen molar-refractivity contribution in [1.82, 2.24) is 15.5 Å². The monoisotopic (exact) mass is 273 g/mol. The fourth-order valence-corrected chi connectivity index (χ4v) is 2.68. The van der Waals surface area contributed by atoms with E-state index < -0.39 is 5.60 Å². The van der Waals surface area contributed by atoms with Gasteiger partial charge in [0.2, 0.25) is 0 Å². The van der Waals surface area contributed by atoms with Crippen molar-refractivity contribution in [2.24, 2.45) is 0 Å². The van der Waals surface area contributed by atoms with Crippen molar-refractivity contribution in [3.05, 3.63) is 0 Å². The lowest BCUT2D eigenvalue weighted by atomic mass is 9.94. The third-order valence-electron chi connectivity index (χ3n) is 3.93. The Kier molecular flexibility index (Phi) is 5.56. The summed E-state index contributed by atoms with van der Waals surface area (Å²) >= 11 is 0. The van der Waals surface area contributed by atoms with Crippen LogP contribution in [0.15, 0.2) is 0 Å². The van der Waals surface area contributed by atoms with Gasteiger partial charge in [-0.15, -0.1) is 0 Å². The topological polar surface area (TPSA) is 66.0 Å². The fraction of sp³-hybridized carbons (Fsp3) is 1.00. The predicted octanol–water partition coefficient (Wildman–Crippen LogP) is -1.35. The van der Waals surface area contributed by atoms with E-state index >= 15 is 0 Å². The highest BCUT2D eigenvalue weighted by Crippen LogP contribution is 2.20. The lowest BCUT2D eigenvalue weighted by Crippen LogP contribution is -2.60. The highest BCUT2D eigenvalue weighted by atomic mass is 16.6. The molecule has 0 aliphatic carbocycles. The molecule has 0 aromatic carbocycles. The molecule has 2 rings (SSSR count). The number of ether oxygens (including phenoxy) is 2. The second-order valence-corrected chi connectivity index (χ2v) is 5.69. The van der Waals surface area contributed by atoms with Gasteiger partial charge in [-0.05, 0) is 14.0 Å². The molecule has 2 aliphatic rings. The lowest BCUT2D eigenvalue weighted by molar-refractivity contribution is -0.108. The summed E-state index contributed by atoms with van der Waals surface area (Å²) < 4.78 is 11.3. The molecule has 6 heteroatoms. The molecular weight excluding hydrogens is 246 g/mol. The molecule has 0 radical (unpaired) electrons. The van der Waals surface area contributed by atoms with Crippen LogP contribution in [0.25, 0.3) is 0 Å². The number of rotatable bonds is 1. The Labute approximate surface area is 115 Å². The summed E-state index contributed by atoms with van der Waals surface area (Å²) in [6, 6.07) is -0.00213. The molecule has 0 aromatic rings. The third-order valence-corrected chi connectivity index (χ3v) is 3.93. The predicted molar refractivity (Wildman–Crippen MR) is 73.3 cm³/mol. The zero-order chi connectivity index (χ0) is 13.7. The second kappa shape index (κ2) is 6.97. The van der Waals surface area contributed by atoms with Crippen LogP contribution in [0.1, 0.15) is 6.92 Å². The molecule has 2 saturated heterocycles. The summed E-state index contributed by atoms with van der Waals surface area (Å²) in [5, 5.41) is 17.7. The Balaban J connectivity index is 2.05. The number of aliphatic hydroxyl groups is 1. The molecule has 0 bridgehead atoms. The fourth-order valence-electron chi connectivity index (χ4n) is 2.68. The average Bonchev–Trinajstić information content (AvgIpc) is 2.48. The average molecular weight is 273 g/mol. The maximum absolute atomic E-state index is 10.9. The van der Waals surface area contributed by atoms with Crippen LogP contribution in [-0.4, -0.2) is 87.3 Å². The van der Waals surface area contributed by atoms with Gasteiger partial charge in [0.25, 0.3) is 0 Å². The van der Waals surface area contributed by atoms with Gasteiger partial charge in [0.15, 0.2) is 0 Å². The third kappa shape index (κ3) is 4.11. The van der Waals surface area contributed by atoms with Crippen molar-refractivity contribution in [3.63, 3.8) is 0 Å². The Morgan fingerprint density at radius 3 is 2.84 bits per heavy atom. The molecule has 0 aromatic heterocycles. The number of likely N-dealkylation sites (N-methyl/N-ethyl adjacent to an activating group) is 1. The quantitative estimate of drug-likeness (QED) is 0.549. The van der Waals surface area contributed by atoms with E-state index in [0.29, 0.717) is 19.8 Å². The standard InChI is InChI=1S/C13H27N3O3/c1-11-8-18-9-13(17,10-19-11)12-7-15-4-3-14-5-6-16(12)2/h11-12,14-15,17H,3-10H2,1-2H3. The zero-order valence-electron chi connectivity index (χ0n) is 12.0. The summed E-state index contributed by atoms with van der Waals surface area (Å²) in [6.45, 7) is 7.65. The molecule has 0 spiro atoms. The van der Waals surface area contributed by atoms with Crippen molar-refractivity contribution < 1.29 is 14.6 Å². The van der Waals surface area contributed by atoms with E-state index in [-0.39, 0.29) is 12.1 Å². The van der Waals surface area contributed by atoms with Crippen LogP contribution < -0.4 is 10.6 Å². The summed E-state index contributed by atoms with van der Waals surface area (Å²) in [5.41, 5.74) is -0.948. The van der Waals surface area contributed by atoms with Crippen LogP contribution in [0, 0.1) is 0 Å². The van der Waals surface area contributed by atoms with Crippen molar-refractivity contribution in [3.8, 4) is 0 Å². The summed E-state index contributed by atoms with van der Waals surface area (Å²) in [7, 11) is 2.05. The zero-order valence-corrected chi connectivity index (χ0v) is 12.0. The van der Waals surface area contributed by atoms with E-state index in [1.807, 2.05) is 14.0 Å². The molecule has 6 nitrogen and oxygen atoms in total. The van der Waals surface area contributed by atoms with Crippen LogP contribution in [0.4, 0.5) is 0 Å². The molecule has 3 atom stereocenters. The van der Waals surface area contributed by atoms with Gasteiger partial charge < -0.3 is 25.2 Å². The number of hydrogen-bond donors (Lipinski definition) is 3. The highest BCUT2D eigenvalue weighted by molar-refractivity contribution is 4.95. The van der Waals surface area contributed by atoms with E-state index in [2.05, 4.69) is 15.5 Å². The summed E-state index contributed by atoms with van der Waals surface area (Å²) in [5.74, 6) is 0. The molecular formula is C13H27N3O3.